The van der Waals surface area contributed by atoms with Crippen LogP contribution in [0.3, 0.4) is 0 Å². The molecule has 4 heteroatoms. The molecule has 108 valence electrons. The second kappa shape index (κ2) is 10.2. The van der Waals surface area contributed by atoms with Crippen molar-refractivity contribution in [2.75, 3.05) is 39.3 Å². The Morgan fingerprint density at radius 3 is 2.42 bits per heavy atom. The third kappa shape index (κ3) is 7.55. The van der Waals surface area contributed by atoms with Gasteiger partial charge in [0.05, 0.1) is 0 Å². The van der Waals surface area contributed by atoms with Gasteiger partial charge in [0, 0.05) is 11.0 Å². The van der Waals surface area contributed by atoms with Gasteiger partial charge in [-0.15, -0.1) is 0 Å². The molecule has 3 nitrogen and oxygen atoms in total. The summed E-state index contributed by atoms with van der Waals surface area (Å²) in [5.74, 6) is 0.924. The van der Waals surface area contributed by atoms with Crippen LogP contribution in [0.5, 0.6) is 5.75 Å². The predicted molar refractivity (Wildman–Crippen MR) is 84.9 cm³/mol. The summed E-state index contributed by atoms with van der Waals surface area (Å²) in [4.78, 5) is 2.44. The molecule has 0 aliphatic rings. The highest BCUT2D eigenvalue weighted by Crippen LogP contribution is 2.15. The van der Waals surface area contributed by atoms with Gasteiger partial charge in [0.2, 0.25) is 0 Å². The van der Waals surface area contributed by atoms with Gasteiger partial charge in [0.25, 0.3) is 0 Å². The minimum atomic E-state index is 0.715. The van der Waals surface area contributed by atoms with Gasteiger partial charge in [0.1, 0.15) is 12.4 Å². The molecule has 1 rings (SSSR count). The van der Waals surface area contributed by atoms with Crippen LogP contribution in [0.15, 0.2) is 28.7 Å². The standard InChI is InChI=1S/C15H25BrN2O/c1-3-18(4-2)12-5-10-17-11-13-19-15-8-6-14(16)7-9-15/h6-9,17H,3-5,10-13H2,1-2H3. The smallest absolute Gasteiger partial charge is 0.119 e. The zero-order valence-corrected chi connectivity index (χ0v) is 13.6. The summed E-state index contributed by atoms with van der Waals surface area (Å²) in [6.45, 7) is 10.5. The molecule has 0 unspecified atom stereocenters. The Hall–Kier alpha value is -0.580. The molecule has 0 bridgehead atoms. The lowest BCUT2D eigenvalue weighted by molar-refractivity contribution is 0.290. The van der Waals surface area contributed by atoms with E-state index in [4.69, 9.17) is 4.74 Å². The van der Waals surface area contributed by atoms with E-state index in [1.54, 1.807) is 0 Å². The van der Waals surface area contributed by atoms with Crippen molar-refractivity contribution in [2.45, 2.75) is 20.3 Å². The molecule has 0 heterocycles. The zero-order valence-electron chi connectivity index (χ0n) is 12.0. The Bertz CT molecular complexity index is 325. The predicted octanol–water partition coefficient (Wildman–Crippen LogP) is 3.15. The monoisotopic (exact) mass is 328 g/mol. The molecule has 0 amide bonds. The van der Waals surface area contributed by atoms with Crippen LogP contribution in [0.1, 0.15) is 20.3 Å². The van der Waals surface area contributed by atoms with Gasteiger partial charge in [-0.2, -0.15) is 0 Å². The van der Waals surface area contributed by atoms with E-state index < -0.39 is 0 Å². The van der Waals surface area contributed by atoms with Crippen LogP contribution in [0, 0.1) is 0 Å². The SMILES string of the molecule is CCN(CC)CCCNCCOc1ccc(Br)cc1. The minimum absolute atomic E-state index is 0.715. The quantitative estimate of drug-likeness (QED) is 0.668. The van der Waals surface area contributed by atoms with Crippen LogP contribution in [0.2, 0.25) is 0 Å². The largest absolute Gasteiger partial charge is 0.492 e. The van der Waals surface area contributed by atoms with Gasteiger partial charge in [-0.3, -0.25) is 0 Å². The van der Waals surface area contributed by atoms with Crippen molar-refractivity contribution < 1.29 is 4.74 Å². The molecule has 1 aromatic carbocycles. The molecule has 19 heavy (non-hydrogen) atoms. The third-order valence-electron chi connectivity index (χ3n) is 3.08. The zero-order chi connectivity index (χ0) is 13.9. The maximum Gasteiger partial charge on any atom is 0.119 e. The van der Waals surface area contributed by atoms with E-state index in [-0.39, 0.29) is 0 Å². The van der Waals surface area contributed by atoms with Gasteiger partial charge in [-0.05, 0) is 56.9 Å². The molecule has 0 radical (unpaired) electrons. The Morgan fingerprint density at radius 1 is 1.11 bits per heavy atom. The Kier molecular flexibility index (Phi) is 8.88. The summed E-state index contributed by atoms with van der Waals surface area (Å²) >= 11 is 3.41. The van der Waals surface area contributed by atoms with E-state index in [1.165, 1.54) is 13.0 Å². The lowest BCUT2D eigenvalue weighted by Gasteiger charge is -2.17. The number of ether oxygens (including phenoxy) is 1. The lowest BCUT2D eigenvalue weighted by atomic mass is 10.3. The molecule has 0 saturated heterocycles. The number of nitrogens with zero attached hydrogens (tertiary/aromatic N) is 1. The van der Waals surface area contributed by atoms with Gasteiger partial charge in [-0.25, -0.2) is 0 Å². The van der Waals surface area contributed by atoms with Crippen LogP contribution in [-0.2, 0) is 0 Å². The van der Waals surface area contributed by atoms with Crippen molar-refractivity contribution in [1.29, 1.82) is 0 Å². The number of benzene rings is 1. The fourth-order valence-electron chi connectivity index (χ4n) is 1.86. The average Bonchev–Trinajstić information content (AvgIpc) is 2.44. The Morgan fingerprint density at radius 2 is 1.79 bits per heavy atom. The van der Waals surface area contributed by atoms with Crippen molar-refractivity contribution in [3.63, 3.8) is 0 Å². The molecule has 0 saturated carbocycles. The lowest BCUT2D eigenvalue weighted by Crippen LogP contribution is -2.28. The summed E-state index contributed by atoms with van der Waals surface area (Å²) in [5.41, 5.74) is 0. The highest BCUT2D eigenvalue weighted by molar-refractivity contribution is 9.10. The fourth-order valence-corrected chi connectivity index (χ4v) is 2.13. The number of nitrogens with one attached hydrogen (secondary N) is 1. The third-order valence-corrected chi connectivity index (χ3v) is 3.61. The highest BCUT2D eigenvalue weighted by Gasteiger charge is 1.98. The highest BCUT2D eigenvalue weighted by atomic mass is 79.9. The molecule has 0 spiro atoms. The van der Waals surface area contributed by atoms with Crippen molar-refractivity contribution in [2.24, 2.45) is 0 Å². The number of halogens is 1. The number of hydrogen-bond donors (Lipinski definition) is 1. The van der Waals surface area contributed by atoms with E-state index in [2.05, 4.69) is 40.0 Å². The van der Waals surface area contributed by atoms with Crippen LogP contribution in [0.4, 0.5) is 0 Å². The van der Waals surface area contributed by atoms with Gasteiger partial charge in [0.15, 0.2) is 0 Å². The van der Waals surface area contributed by atoms with Crippen LogP contribution in [-0.4, -0.2) is 44.2 Å². The van der Waals surface area contributed by atoms with E-state index in [0.717, 1.165) is 36.4 Å². The first-order chi connectivity index (χ1) is 9.26. The van der Waals surface area contributed by atoms with E-state index in [1.807, 2.05) is 24.3 Å². The van der Waals surface area contributed by atoms with Crippen LogP contribution >= 0.6 is 15.9 Å². The minimum Gasteiger partial charge on any atom is -0.492 e. The topological polar surface area (TPSA) is 24.5 Å². The molecule has 0 fully saturated rings. The van der Waals surface area contributed by atoms with E-state index in [9.17, 15) is 0 Å². The summed E-state index contributed by atoms with van der Waals surface area (Å²) in [6, 6.07) is 7.94. The Labute approximate surface area is 125 Å². The molecule has 1 N–H and O–H groups in total. The molecular formula is C15H25BrN2O. The summed E-state index contributed by atoms with van der Waals surface area (Å²) in [6.07, 6.45) is 1.19. The molecule has 0 aliphatic carbocycles. The van der Waals surface area contributed by atoms with E-state index in [0.29, 0.717) is 6.61 Å². The second-order valence-electron chi connectivity index (χ2n) is 4.43. The Balaban J connectivity index is 1.98. The number of hydrogen-bond acceptors (Lipinski definition) is 3. The summed E-state index contributed by atoms with van der Waals surface area (Å²) < 4.78 is 6.72. The van der Waals surface area contributed by atoms with Crippen LogP contribution in [0.25, 0.3) is 0 Å². The van der Waals surface area contributed by atoms with Gasteiger partial charge in [-0.1, -0.05) is 29.8 Å². The molecule has 1 aromatic rings. The fraction of sp³-hybridized carbons (Fsp3) is 0.600. The number of rotatable bonds is 10. The molecule has 0 atom stereocenters. The molecular weight excluding hydrogens is 304 g/mol. The van der Waals surface area contributed by atoms with Crippen molar-refractivity contribution in [1.82, 2.24) is 10.2 Å². The van der Waals surface area contributed by atoms with Crippen LogP contribution < -0.4 is 10.1 Å². The maximum atomic E-state index is 5.64. The first kappa shape index (κ1) is 16.5. The molecule has 0 aliphatic heterocycles. The summed E-state index contributed by atoms with van der Waals surface area (Å²) in [5, 5.41) is 3.41. The normalized spacial score (nSPS) is 10.9. The van der Waals surface area contributed by atoms with Crippen molar-refractivity contribution >= 4 is 15.9 Å². The van der Waals surface area contributed by atoms with Gasteiger partial charge < -0.3 is 15.0 Å². The first-order valence-electron chi connectivity index (χ1n) is 7.07. The molecule has 0 aromatic heterocycles. The summed E-state index contributed by atoms with van der Waals surface area (Å²) in [7, 11) is 0. The average molecular weight is 329 g/mol. The first-order valence-corrected chi connectivity index (χ1v) is 7.87. The maximum absolute atomic E-state index is 5.64. The van der Waals surface area contributed by atoms with Crippen molar-refractivity contribution in [3.8, 4) is 5.75 Å². The van der Waals surface area contributed by atoms with E-state index >= 15 is 0 Å². The second-order valence-corrected chi connectivity index (χ2v) is 5.35. The van der Waals surface area contributed by atoms with Gasteiger partial charge >= 0.3 is 0 Å². The van der Waals surface area contributed by atoms with Crippen molar-refractivity contribution in [3.05, 3.63) is 28.7 Å².